The van der Waals surface area contributed by atoms with Gasteiger partial charge in [0.2, 0.25) is 0 Å². The molecule has 2 nitrogen and oxygen atoms in total. The fraction of sp³-hybridized carbons (Fsp3) is 0.294. The van der Waals surface area contributed by atoms with Gasteiger partial charge >= 0.3 is 0 Å². The zero-order valence-corrected chi connectivity index (χ0v) is 12.7. The molecule has 1 atom stereocenters. The molecule has 0 saturated carbocycles. The average molecular weight is 290 g/mol. The summed E-state index contributed by atoms with van der Waals surface area (Å²) in [5, 5.41) is 4.15. The summed E-state index contributed by atoms with van der Waals surface area (Å²) < 4.78 is 5.86. The monoisotopic (exact) mass is 289 g/mol. The van der Waals surface area contributed by atoms with Gasteiger partial charge in [-0.25, -0.2) is 0 Å². The predicted molar refractivity (Wildman–Crippen MR) is 84.7 cm³/mol. The van der Waals surface area contributed by atoms with Crippen molar-refractivity contribution in [2.24, 2.45) is 0 Å². The number of hydrogen-bond donors (Lipinski definition) is 1. The Morgan fingerprint density at radius 3 is 2.40 bits per heavy atom. The smallest absolute Gasteiger partial charge is 0.128 e. The van der Waals surface area contributed by atoms with Crippen LogP contribution in [0.15, 0.2) is 48.5 Å². The molecule has 106 valence electrons. The van der Waals surface area contributed by atoms with E-state index in [1.54, 1.807) is 0 Å². The molecule has 1 N–H and O–H groups in total. The third-order valence-electron chi connectivity index (χ3n) is 3.15. The summed E-state index contributed by atoms with van der Waals surface area (Å²) in [6, 6.07) is 16.0. The lowest BCUT2D eigenvalue weighted by molar-refractivity contribution is 0.477. The van der Waals surface area contributed by atoms with Crippen molar-refractivity contribution in [3.8, 4) is 11.5 Å². The maximum absolute atomic E-state index is 5.97. The Morgan fingerprint density at radius 1 is 1.05 bits per heavy atom. The average Bonchev–Trinajstić information content (AvgIpc) is 2.45. The van der Waals surface area contributed by atoms with Crippen LogP contribution in [0.2, 0.25) is 5.02 Å². The van der Waals surface area contributed by atoms with E-state index < -0.39 is 0 Å². The Balaban J connectivity index is 2.17. The van der Waals surface area contributed by atoms with E-state index in [1.165, 1.54) is 5.56 Å². The molecule has 1 unspecified atom stereocenters. The van der Waals surface area contributed by atoms with E-state index in [4.69, 9.17) is 16.3 Å². The predicted octanol–water partition coefficient (Wildman–Crippen LogP) is 5.19. The zero-order chi connectivity index (χ0) is 14.4. The topological polar surface area (TPSA) is 21.3 Å². The number of benzene rings is 2. The second kappa shape index (κ2) is 7.32. The van der Waals surface area contributed by atoms with Gasteiger partial charge in [0, 0.05) is 11.1 Å². The van der Waals surface area contributed by atoms with Gasteiger partial charge in [-0.1, -0.05) is 43.6 Å². The SMILES string of the molecule is CCNC(CC)c1cccc(Oc2cccc(Cl)c2)c1. The van der Waals surface area contributed by atoms with Gasteiger partial charge in [-0.3, -0.25) is 0 Å². The van der Waals surface area contributed by atoms with Crippen molar-refractivity contribution in [1.29, 1.82) is 0 Å². The van der Waals surface area contributed by atoms with Crippen LogP contribution >= 0.6 is 11.6 Å². The van der Waals surface area contributed by atoms with Gasteiger partial charge in [0.25, 0.3) is 0 Å². The van der Waals surface area contributed by atoms with E-state index in [0.717, 1.165) is 24.5 Å². The van der Waals surface area contributed by atoms with E-state index in [-0.39, 0.29) is 0 Å². The van der Waals surface area contributed by atoms with Crippen molar-refractivity contribution in [2.75, 3.05) is 6.54 Å². The molecule has 0 aliphatic rings. The van der Waals surface area contributed by atoms with E-state index in [0.29, 0.717) is 11.1 Å². The van der Waals surface area contributed by atoms with Crippen LogP contribution in [0.1, 0.15) is 31.9 Å². The molecule has 0 heterocycles. The number of rotatable bonds is 6. The molecule has 0 aliphatic carbocycles. The summed E-state index contributed by atoms with van der Waals surface area (Å²) in [6.45, 7) is 5.25. The largest absolute Gasteiger partial charge is 0.457 e. The molecule has 0 spiro atoms. The molecule has 2 aromatic carbocycles. The number of nitrogens with one attached hydrogen (secondary N) is 1. The van der Waals surface area contributed by atoms with Crippen LogP contribution in [0.4, 0.5) is 0 Å². The second-order valence-electron chi connectivity index (χ2n) is 4.65. The molecule has 0 radical (unpaired) electrons. The van der Waals surface area contributed by atoms with Gasteiger partial charge in [-0.05, 0) is 48.9 Å². The molecule has 0 fully saturated rings. The first-order chi connectivity index (χ1) is 9.72. The van der Waals surface area contributed by atoms with Crippen molar-refractivity contribution < 1.29 is 4.74 Å². The summed E-state index contributed by atoms with van der Waals surface area (Å²) >= 11 is 5.97. The third kappa shape index (κ3) is 3.99. The lowest BCUT2D eigenvalue weighted by Gasteiger charge is -2.17. The van der Waals surface area contributed by atoms with Crippen molar-refractivity contribution in [3.63, 3.8) is 0 Å². The van der Waals surface area contributed by atoms with Crippen LogP contribution in [0.5, 0.6) is 11.5 Å². The van der Waals surface area contributed by atoms with E-state index >= 15 is 0 Å². The molecule has 0 aliphatic heterocycles. The summed E-state index contributed by atoms with van der Waals surface area (Å²) in [4.78, 5) is 0. The van der Waals surface area contributed by atoms with Crippen LogP contribution in [0.25, 0.3) is 0 Å². The molecule has 2 rings (SSSR count). The molecule has 0 saturated heterocycles. The van der Waals surface area contributed by atoms with Crippen LogP contribution in [0.3, 0.4) is 0 Å². The first-order valence-corrected chi connectivity index (χ1v) is 7.37. The number of hydrogen-bond acceptors (Lipinski definition) is 2. The fourth-order valence-electron chi connectivity index (χ4n) is 2.21. The van der Waals surface area contributed by atoms with Crippen LogP contribution < -0.4 is 10.1 Å². The van der Waals surface area contributed by atoms with E-state index in [9.17, 15) is 0 Å². The van der Waals surface area contributed by atoms with Crippen molar-refractivity contribution in [3.05, 3.63) is 59.1 Å². The Morgan fingerprint density at radius 2 is 1.75 bits per heavy atom. The van der Waals surface area contributed by atoms with Gasteiger partial charge < -0.3 is 10.1 Å². The fourth-order valence-corrected chi connectivity index (χ4v) is 2.39. The van der Waals surface area contributed by atoms with E-state index in [1.807, 2.05) is 36.4 Å². The summed E-state index contributed by atoms with van der Waals surface area (Å²) in [5.74, 6) is 1.59. The van der Waals surface area contributed by atoms with Crippen LogP contribution in [-0.4, -0.2) is 6.54 Å². The molecule has 0 bridgehead atoms. The Hall–Kier alpha value is -1.51. The van der Waals surface area contributed by atoms with Crippen molar-refractivity contribution in [2.45, 2.75) is 26.3 Å². The molecular weight excluding hydrogens is 270 g/mol. The molecule has 0 aromatic heterocycles. The lowest BCUT2D eigenvalue weighted by atomic mass is 10.0. The molecular formula is C17H20ClNO. The normalized spacial score (nSPS) is 12.2. The van der Waals surface area contributed by atoms with Crippen molar-refractivity contribution >= 4 is 11.6 Å². The lowest BCUT2D eigenvalue weighted by Crippen LogP contribution is -2.19. The minimum atomic E-state index is 0.364. The van der Waals surface area contributed by atoms with Crippen LogP contribution in [-0.2, 0) is 0 Å². The van der Waals surface area contributed by atoms with Gasteiger partial charge in [-0.15, -0.1) is 0 Å². The third-order valence-corrected chi connectivity index (χ3v) is 3.39. The van der Waals surface area contributed by atoms with Gasteiger partial charge in [0.05, 0.1) is 0 Å². The number of ether oxygens (including phenoxy) is 1. The molecule has 0 amide bonds. The molecule has 2 aromatic rings. The van der Waals surface area contributed by atoms with E-state index in [2.05, 4.69) is 31.3 Å². The number of halogens is 1. The van der Waals surface area contributed by atoms with Crippen LogP contribution in [0, 0.1) is 0 Å². The Labute approximate surface area is 125 Å². The second-order valence-corrected chi connectivity index (χ2v) is 5.09. The minimum absolute atomic E-state index is 0.364. The Kier molecular flexibility index (Phi) is 5.45. The van der Waals surface area contributed by atoms with Gasteiger partial charge in [0.1, 0.15) is 11.5 Å². The maximum atomic E-state index is 5.97. The summed E-state index contributed by atoms with van der Waals surface area (Å²) in [6.07, 6.45) is 1.05. The quantitative estimate of drug-likeness (QED) is 0.790. The standard InChI is InChI=1S/C17H20ClNO/c1-3-17(19-4-2)13-7-5-9-15(11-13)20-16-10-6-8-14(18)12-16/h5-12,17,19H,3-4H2,1-2H3. The zero-order valence-electron chi connectivity index (χ0n) is 11.9. The van der Waals surface area contributed by atoms with Gasteiger partial charge in [0.15, 0.2) is 0 Å². The first-order valence-electron chi connectivity index (χ1n) is 6.99. The van der Waals surface area contributed by atoms with Crippen molar-refractivity contribution in [1.82, 2.24) is 5.32 Å². The summed E-state index contributed by atoms with van der Waals surface area (Å²) in [5.41, 5.74) is 1.24. The van der Waals surface area contributed by atoms with Gasteiger partial charge in [-0.2, -0.15) is 0 Å². The summed E-state index contributed by atoms with van der Waals surface area (Å²) in [7, 11) is 0. The highest BCUT2D eigenvalue weighted by Gasteiger charge is 2.08. The highest BCUT2D eigenvalue weighted by Crippen LogP contribution is 2.27. The first kappa shape index (κ1) is 14.9. The molecule has 20 heavy (non-hydrogen) atoms. The highest BCUT2D eigenvalue weighted by molar-refractivity contribution is 6.30. The minimum Gasteiger partial charge on any atom is -0.457 e. The Bertz CT molecular complexity index is 556. The molecule has 3 heteroatoms. The highest BCUT2D eigenvalue weighted by atomic mass is 35.5. The maximum Gasteiger partial charge on any atom is 0.128 e.